The molecule has 24 heavy (non-hydrogen) atoms. The summed E-state index contributed by atoms with van der Waals surface area (Å²) < 4.78 is 53.3. The van der Waals surface area contributed by atoms with Crippen molar-refractivity contribution in [3.63, 3.8) is 0 Å². The Labute approximate surface area is 141 Å². The Morgan fingerprint density at radius 3 is 2.33 bits per heavy atom. The lowest BCUT2D eigenvalue weighted by Gasteiger charge is -2.20. The molecule has 1 atom stereocenters. The molecule has 0 spiro atoms. The van der Waals surface area contributed by atoms with E-state index in [1.54, 1.807) is 0 Å². The molecule has 0 aromatic heterocycles. The Kier molecular flexibility index (Phi) is 5.53. The number of hydrogen-bond acceptors (Lipinski definition) is 4. The summed E-state index contributed by atoms with van der Waals surface area (Å²) in [6.07, 6.45) is -0.677. The van der Waals surface area contributed by atoms with Crippen molar-refractivity contribution in [3.8, 4) is 0 Å². The van der Waals surface area contributed by atoms with Crippen LogP contribution in [0.25, 0.3) is 0 Å². The monoisotopic (exact) mass is 374 g/mol. The van der Waals surface area contributed by atoms with Crippen molar-refractivity contribution in [2.24, 2.45) is 0 Å². The third kappa shape index (κ3) is 4.50. The van der Waals surface area contributed by atoms with Crippen LogP contribution in [0.2, 0.25) is 5.02 Å². The van der Waals surface area contributed by atoms with Gasteiger partial charge < -0.3 is 9.90 Å². The molecule has 0 saturated carbocycles. The smallest absolute Gasteiger partial charge is 0.244 e. The van der Waals surface area contributed by atoms with E-state index in [0.717, 1.165) is 12.1 Å². The molecule has 0 heterocycles. The van der Waals surface area contributed by atoms with Gasteiger partial charge in [0.05, 0.1) is 6.04 Å². The van der Waals surface area contributed by atoms with Crippen LogP contribution in [-0.2, 0) is 14.8 Å². The van der Waals surface area contributed by atoms with E-state index in [1.807, 2.05) is 0 Å². The Hall–Kier alpha value is -2.03. The Morgan fingerprint density at radius 1 is 1.17 bits per heavy atom. The topological polar surface area (TPSA) is 86.3 Å². The molecule has 0 bridgehead atoms. The molecule has 1 N–H and O–H groups in total. The number of sulfonamides is 1. The van der Waals surface area contributed by atoms with E-state index in [9.17, 15) is 27.1 Å². The van der Waals surface area contributed by atoms with Gasteiger partial charge in [0, 0.05) is 23.5 Å². The molecule has 0 aliphatic heterocycles. The molecule has 0 fully saturated rings. The normalized spacial score (nSPS) is 12.8. The molecule has 0 amide bonds. The number of halogens is 3. The zero-order chi connectivity index (χ0) is 17.9. The van der Waals surface area contributed by atoms with Gasteiger partial charge in [-0.2, -0.15) is 0 Å². The summed E-state index contributed by atoms with van der Waals surface area (Å²) in [5, 5.41) is 11.3. The van der Waals surface area contributed by atoms with Gasteiger partial charge in [0.25, 0.3) is 0 Å². The first kappa shape index (κ1) is 18.3. The van der Waals surface area contributed by atoms with Gasteiger partial charge in [-0.15, -0.1) is 0 Å². The van der Waals surface area contributed by atoms with Crippen molar-refractivity contribution in [1.82, 2.24) is 4.72 Å². The van der Waals surface area contributed by atoms with Crippen LogP contribution in [0.1, 0.15) is 18.0 Å². The van der Waals surface area contributed by atoms with Crippen molar-refractivity contribution >= 4 is 27.6 Å². The molecule has 0 saturated heterocycles. The van der Waals surface area contributed by atoms with Gasteiger partial charge in [0.2, 0.25) is 10.0 Å². The number of rotatable bonds is 6. The van der Waals surface area contributed by atoms with Crippen LogP contribution in [0.5, 0.6) is 0 Å². The SMILES string of the molecule is O=C([O-])C[C@@H](NS(=O)(=O)c1ccc(F)cc1F)c1ccc(Cl)cc1. The Morgan fingerprint density at radius 2 is 1.79 bits per heavy atom. The molecule has 2 aromatic rings. The highest BCUT2D eigenvalue weighted by Gasteiger charge is 2.24. The summed E-state index contributed by atoms with van der Waals surface area (Å²) in [7, 11) is -4.43. The fourth-order valence-electron chi connectivity index (χ4n) is 2.03. The van der Waals surface area contributed by atoms with Crippen molar-refractivity contribution in [3.05, 3.63) is 64.7 Å². The van der Waals surface area contributed by atoms with Crippen molar-refractivity contribution in [1.29, 1.82) is 0 Å². The number of carboxylic acid groups (broad SMARTS) is 1. The molecule has 9 heteroatoms. The maximum Gasteiger partial charge on any atom is 0.244 e. The average Bonchev–Trinajstić information content (AvgIpc) is 2.46. The predicted molar refractivity (Wildman–Crippen MR) is 80.5 cm³/mol. The lowest BCUT2D eigenvalue weighted by atomic mass is 10.1. The Balaban J connectivity index is 2.37. The highest BCUT2D eigenvalue weighted by atomic mass is 35.5. The maximum atomic E-state index is 13.7. The molecule has 2 rings (SSSR count). The number of carbonyl (C=O) groups excluding carboxylic acids is 1. The standard InChI is InChI=1S/C15H12ClF2NO4S/c16-10-3-1-9(2-4-10)13(8-15(20)21)19-24(22,23)14-6-5-11(17)7-12(14)18/h1-7,13,19H,8H2,(H,20,21)/p-1/t13-/m1/s1. The molecule has 2 aromatic carbocycles. The largest absolute Gasteiger partial charge is 0.550 e. The minimum absolute atomic E-state index is 0.301. The molecule has 0 unspecified atom stereocenters. The average molecular weight is 375 g/mol. The third-order valence-electron chi connectivity index (χ3n) is 3.12. The lowest BCUT2D eigenvalue weighted by Crippen LogP contribution is -2.34. The quantitative estimate of drug-likeness (QED) is 0.835. The summed E-state index contributed by atoms with van der Waals surface area (Å²) in [5.74, 6) is -3.72. The number of nitrogens with one attached hydrogen (secondary N) is 1. The molecule has 0 aliphatic rings. The van der Waals surface area contributed by atoms with E-state index in [0.29, 0.717) is 16.7 Å². The minimum Gasteiger partial charge on any atom is -0.550 e. The van der Waals surface area contributed by atoms with Crippen LogP contribution >= 0.6 is 11.6 Å². The first-order chi connectivity index (χ1) is 11.2. The van der Waals surface area contributed by atoms with Crippen molar-refractivity contribution in [2.45, 2.75) is 17.4 Å². The van der Waals surface area contributed by atoms with Crippen LogP contribution in [0.3, 0.4) is 0 Å². The second-order valence-electron chi connectivity index (χ2n) is 4.88. The van der Waals surface area contributed by atoms with E-state index in [1.165, 1.54) is 24.3 Å². The summed E-state index contributed by atoms with van der Waals surface area (Å²) in [5.41, 5.74) is 0.301. The van der Waals surface area contributed by atoms with E-state index >= 15 is 0 Å². The predicted octanol–water partition coefficient (Wildman–Crippen LogP) is 1.78. The molecular weight excluding hydrogens is 364 g/mol. The number of aliphatic carboxylic acids is 1. The van der Waals surface area contributed by atoms with Gasteiger partial charge in [-0.25, -0.2) is 21.9 Å². The first-order valence-electron chi connectivity index (χ1n) is 6.62. The molecular formula is C15H11ClF2NO4S-. The number of carboxylic acids is 1. The fourth-order valence-corrected chi connectivity index (χ4v) is 3.44. The van der Waals surface area contributed by atoms with Crippen LogP contribution in [-0.4, -0.2) is 14.4 Å². The molecule has 128 valence electrons. The number of carbonyl (C=O) groups is 1. The van der Waals surface area contributed by atoms with Gasteiger partial charge >= 0.3 is 0 Å². The van der Waals surface area contributed by atoms with Gasteiger partial charge in [-0.3, -0.25) is 0 Å². The summed E-state index contributed by atoms with van der Waals surface area (Å²) in [4.78, 5) is 10.1. The zero-order valence-corrected chi connectivity index (χ0v) is 13.6. The highest BCUT2D eigenvalue weighted by Crippen LogP contribution is 2.23. The number of hydrogen-bond donors (Lipinski definition) is 1. The van der Waals surface area contributed by atoms with Gasteiger partial charge in [0.15, 0.2) is 0 Å². The van der Waals surface area contributed by atoms with Gasteiger partial charge in [-0.05, 0) is 29.8 Å². The lowest BCUT2D eigenvalue weighted by molar-refractivity contribution is -0.306. The molecule has 5 nitrogen and oxygen atoms in total. The second-order valence-corrected chi connectivity index (χ2v) is 7.00. The van der Waals surface area contributed by atoms with Gasteiger partial charge in [-0.1, -0.05) is 23.7 Å². The van der Waals surface area contributed by atoms with Gasteiger partial charge in [0.1, 0.15) is 16.5 Å². The van der Waals surface area contributed by atoms with Crippen LogP contribution in [0, 0.1) is 11.6 Å². The minimum atomic E-state index is -4.43. The highest BCUT2D eigenvalue weighted by molar-refractivity contribution is 7.89. The van der Waals surface area contributed by atoms with E-state index < -0.39 is 45.0 Å². The van der Waals surface area contributed by atoms with Crippen LogP contribution in [0.15, 0.2) is 47.4 Å². The summed E-state index contributed by atoms with van der Waals surface area (Å²) >= 11 is 5.73. The molecule has 0 radical (unpaired) electrons. The molecule has 0 aliphatic carbocycles. The van der Waals surface area contributed by atoms with Crippen molar-refractivity contribution < 1.29 is 27.1 Å². The number of benzene rings is 2. The zero-order valence-electron chi connectivity index (χ0n) is 12.0. The Bertz CT molecular complexity index is 856. The van der Waals surface area contributed by atoms with E-state index in [4.69, 9.17) is 11.6 Å². The van der Waals surface area contributed by atoms with E-state index in [-0.39, 0.29) is 0 Å². The van der Waals surface area contributed by atoms with Crippen LogP contribution in [0.4, 0.5) is 8.78 Å². The van der Waals surface area contributed by atoms with E-state index in [2.05, 4.69) is 4.72 Å². The summed E-state index contributed by atoms with van der Waals surface area (Å²) in [6, 6.07) is 6.52. The maximum absolute atomic E-state index is 13.7. The van der Waals surface area contributed by atoms with Crippen LogP contribution < -0.4 is 9.83 Å². The summed E-state index contributed by atoms with van der Waals surface area (Å²) in [6.45, 7) is 0. The van der Waals surface area contributed by atoms with Crippen molar-refractivity contribution in [2.75, 3.05) is 0 Å². The second kappa shape index (κ2) is 7.25. The fraction of sp³-hybridized carbons (Fsp3) is 0.133. The first-order valence-corrected chi connectivity index (χ1v) is 8.48. The third-order valence-corrected chi connectivity index (χ3v) is 4.88.